The number of para-hydroxylation sites is 2. The van der Waals surface area contributed by atoms with Crippen LogP contribution in [0.15, 0.2) is 97.3 Å². The third kappa shape index (κ3) is 2.35. The van der Waals surface area contributed by atoms with Crippen molar-refractivity contribution in [3.05, 3.63) is 103 Å². The number of fused-ring (bicyclic) bond motifs is 6. The van der Waals surface area contributed by atoms with E-state index in [9.17, 15) is 0 Å². The zero-order valence-corrected chi connectivity index (χ0v) is 17.6. The number of aryl methyl sites for hydroxylation is 1. The highest BCUT2D eigenvalue weighted by atomic mass is 16.5. The summed E-state index contributed by atoms with van der Waals surface area (Å²) in [7, 11) is 0. The number of pyridine rings is 1. The molecule has 4 aromatic carbocycles. The monoisotopic (exact) mass is 410 g/mol. The van der Waals surface area contributed by atoms with E-state index in [0.29, 0.717) is 0 Å². The van der Waals surface area contributed by atoms with Gasteiger partial charge in [-0.25, -0.2) is 0 Å². The van der Waals surface area contributed by atoms with Gasteiger partial charge in [-0.15, -0.1) is 0 Å². The summed E-state index contributed by atoms with van der Waals surface area (Å²) in [6.45, 7) is 2.24. The molecule has 2 aliphatic rings. The molecular formula is C28H19BN2O. The SMILES string of the molecule is Cc1cc2c3c(c1)N(c1ccccc1)c1ccccc1B3c1c(ccc3cnccc13)O2. The van der Waals surface area contributed by atoms with Gasteiger partial charge in [0.2, 0.25) is 0 Å². The van der Waals surface area contributed by atoms with Crippen LogP contribution in [0.3, 0.4) is 0 Å². The van der Waals surface area contributed by atoms with Crippen molar-refractivity contribution in [2.45, 2.75) is 6.92 Å². The molecule has 7 rings (SSSR count). The molecule has 4 heteroatoms. The Morgan fingerprint density at radius 3 is 2.53 bits per heavy atom. The van der Waals surface area contributed by atoms with E-state index >= 15 is 0 Å². The van der Waals surface area contributed by atoms with E-state index in [1.165, 1.54) is 38.7 Å². The van der Waals surface area contributed by atoms with Crippen LogP contribution in [0.1, 0.15) is 5.56 Å². The fourth-order valence-electron chi connectivity index (χ4n) is 5.36. The quantitative estimate of drug-likeness (QED) is 0.358. The molecule has 0 spiro atoms. The number of hydrogen-bond donors (Lipinski definition) is 0. The van der Waals surface area contributed by atoms with Crippen LogP contribution in [-0.4, -0.2) is 11.7 Å². The summed E-state index contributed by atoms with van der Waals surface area (Å²) >= 11 is 0. The number of rotatable bonds is 1. The van der Waals surface area contributed by atoms with Crippen molar-refractivity contribution in [1.29, 1.82) is 0 Å². The van der Waals surface area contributed by atoms with E-state index in [1.54, 1.807) is 0 Å². The summed E-state index contributed by atoms with van der Waals surface area (Å²) in [4.78, 5) is 6.72. The van der Waals surface area contributed by atoms with Crippen molar-refractivity contribution < 1.29 is 4.74 Å². The van der Waals surface area contributed by atoms with Gasteiger partial charge in [-0.1, -0.05) is 36.4 Å². The minimum absolute atomic E-state index is 0.103. The normalized spacial score (nSPS) is 13.3. The number of ether oxygens (including phenoxy) is 1. The molecule has 0 fully saturated rings. The molecule has 32 heavy (non-hydrogen) atoms. The lowest BCUT2D eigenvalue weighted by Gasteiger charge is -2.40. The summed E-state index contributed by atoms with van der Waals surface area (Å²) in [6, 6.07) is 30.1. The molecule has 0 aliphatic carbocycles. The van der Waals surface area contributed by atoms with Crippen LogP contribution >= 0.6 is 0 Å². The molecule has 0 saturated heterocycles. The van der Waals surface area contributed by atoms with Gasteiger partial charge in [0.25, 0.3) is 6.71 Å². The summed E-state index contributed by atoms with van der Waals surface area (Å²) in [5.41, 5.74) is 8.49. The standard InChI is InChI=1S/C28H19BN2O/c1-18-15-24-28-26(16-18)32-25-12-11-19-17-30-14-13-21(19)27(25)29(28)22-9-5-6-10-23(22)31(24)20-7-3-2-4-8-20/h2-17H,1H3. The molecule has 150 valence electrons. The van der Waals surface area contributed by atoms with Crippen LogP contribution in [-0.2, 0) is 0 Å². The average molecular weight is 410 g/mol. The van der Waals surface area contributed by atoms with Crippen LogP contribution in [0.5, 0.6) is 11.5 Å². The molecular weight excluding hydrogens is 391 g/mol. The number of hydrogen-bond acceptors (Lipinski definition) is 3. The maximum absolute atomic E-state index is 6.57. The van der Waals surface area contributed by atoms with Crippen LogP contribution in [0.2, 0.25) is 0 Å². The molecule has 0 amide bonds. The van der Waals surface area contributed by atoms with Crippen LogP contribution < -0.4 is 26.0 Å². The topological polar surface area (TPSA) is 25.4 Å². The lowest BCUT2D eigenvalue weighted by molar-refractivity contribution is 0.488. The predicted octanol–water partition coefficient (Wildman–Crippen LogP) is 4.95. The Labute approximate surface area is 187 Å². The first kappa shape index (κ1) is 17.6. The zero-order valence-electron chi connectivity index (χ0n) is 17.6. The van der Waals surface area contributed by atoms with E-state index in [0.717, 1.165) is 22.6 Å². The third-order valence-corrected chi connectivity index (χ3v) is 6.63. The Balaban J connectivity index is 1.61. The first-order valence-electron chi connectivity index (χ1n) is 10.9. The fourth-order valence-corrected chi connectivity index (χ4v) is 5.36. The molecule has 0 saturated carbocycles. The number of anilines is 3. The van der Waals surface area contributed by atoms with Gasteiger partial charge in [0.15, 0.2) is 0 Å². The van der Waals surface area contributed by atoms with Gasteiger partial charge in [-0.3, -0.25) is 4.98 Å². The molecule has 5 aromatic rings. The third-order valence-electron chi connectivity index (χ3n) is 6.63. The van der Waals surface area contributed by atoms with E-state index in [4.69, 9.17) is 4.74 Å². The summed E-state index contributed by atoms with van der Waals surface area (Å²) in [5.74, 6) is 1.88. The number of nitrogens with zero attached hydrogens (tertiary/aromatic N) is 2. The first-order valence-corrected chi connectivity index (χ1v) is 10.9. The Bertz CT molecular complexity index is 1530. The zero-order chi connectivity index (χ0) is 21.2. The maximum atomic E-state index is 6.57. The minimum Gasteiger partial charge on any atom is -0.458 e. The lowest BCUT2D eigenvalue weighted by atomic mass is 9.33. The van der Waals surface area contributed by atoms with Gasteiger partial charge in [-0.05, 0) is 88.2 Å². The van der Waals surface area contributed by atoms with Crippen molar-refractivity contribution in [2.75, 3.05) is 4.90 Å². The smallest absolute Gasteiger partial charge is 0.257 e. The molecule has 0 unspecified atom stereocenters. The molecule has 3 heterocycles. The van der Waals surface area contributed by atoms with Gasteiger partial charge in [0, 0.05) is 29.5 Å². The highest BCUT2D eigenvalue weighted by Crippen LogP contribution is 2.41. The molecule has 0 atom stereocenters. The number of aromatic nitrogens is 1. The van der Waals surface area contributed by atoms with Crippen molar-refractivity contribution >= 4 is 50.9 Å². The van der Waals surface area contributed by atoms with Gasteiger partial charge < -0.3 is 9.64 Å². The van der Waals surface area contributed by atoms with Crippen LogP contribution in [0.4, 0.5) is 17.1 Å². The second-order valence-corrected chi connectivity index (χ2v) is 8.53. The molecule has 0 bridgehead atoms. The van der Waals surface area contributed by atoms with Gasteiger partial charge in [0.05, 0.1) is 0 Å². The van der Waals surface area contributed by atoms with Crippen LogP contribution in [0, 0.1) is 6.92 Å². The largest absolute Gasteiger partial charge is 0.458 e. The molecule has 1 aromatic heterocycles. The Morgan fingerprint density at radius 1 is 0.781 bits per heavy atom. The second-order valence-electron chi connectivity index (χ2n) is 8.53. The van der Waals surface area contributed by atoms with Crippen molar-refractivity contribution in [3.8, 4) is 11.5 Å². The Kier molecular flexibility index (Phi) is 3.56. The van der Waals surface area contributed by atoms with Crippen molar-refractivity contribution in [3.63, 3.8) is 0 Å². The maximum Gasteiger partial charge on any atom is 0.257 e. The van der Waals surface area contributed by atoms with Gasteiger partial charge in [0.1, 0.15) is 11.5 Å². The summed E-state index contributed by atoms with van der Waals surface area (Å²) in [6.07, 6.45) is 3.81. The van der Waals surface area contributed by atoms with Crippen LogP contribution in [0.25, 0.3) is 10.8 Å². The molecule has 0 N–H and O–H groups in total. The highest BCUT2D eigenvalue weighted by Gasteiger charge is 2.42. The Hall–Kier alpha value is -4.05. The minimum atomic E-state index is 0.103. The van der Waals surface area contributed by atoms with Gasteiger partial charge in [-0.2, -0.15) is 0 Å². The van der Waals surface area contributed by atoms with Crippen molar-refractivity contribution in [1.82, 2.24) is 4.98 Å². The fraction of sp³-hybridized carbons (Fsp3) is 0.0357. The molecule has 0 radical (unpaired) electrons. The second kappa shape index (κ2) is 6.48. The van der Waals surface area contributed by atoms with E-state index in [2.05, 4.69) is 102 Å². The van der Waals surface area contributed by atoms with E-state index < -0.39 is 0 Å². The summed E-state index contributed by atoms with van der Waals surface area (Å²) in [5, 5.41) is 2.33. The predicted molar refractivity (Wildman–Crippen MR) is 132 cm³/mol. The van der Waals surface area contributed by atoms with Crippen molar-refractivity contribution in [2.24, 2.45) is 0 Å². The molecule has 2 aliphatic heterocycles. The lowest BCUT2D eigenvalue weighted by Crippen LogP contribution is -2.59. The average Bonchev–Trinajstić information content (AvgIpc) is 2.84. The Morgan fingerprint density at radius 2 is 1.62 bits per heavy atom. The molecule has 3 nitrogen and oxygen atoms in total. The highest BCUT2D eigenvalue weighted by molar-refractivity contribution is 7.00. The number of benzene rings is 4. The summed E-state index contributed by atoms with van der Waals surface area (Å²) < 4.78 is 6.57. The first-order chi connectivity index (χ1) is 15.8. The van der Waals surface area contributed by atoms with Gasteiger partial charge >= 0.3 is 0 Å². The van der Waals surface area contributed by atoms with E-state index in [1.807, 2.05) is 12.4 Å². The van der Waals surface area contributed by atoms with E-state index in [-0.39, 0.29) is 6.71 Å².